The lowest BCUT2D eigenvalue weighted by Gasteiger charge is -2.05. The molecule has 0 spiro atoms. The lowest BCUT2D eigenvalue weighted by molar-refractivity contribution is 0.199. The van der Waals surface area contributed by atoms with Crippen LogP contribution in [-0.2, 0) is 24.9 Å². The topological polar surface area (TPSA) is 56.9 Å². The van der Waals surface area contributed by atoms with Gasteiger partial charge in [0.15, 0.2) is 0 Å². The molecule has 6 heteroatoms. The minimum absolute atomic E-state index is 0.714. The fourth-order valence-electron chi connectivity index (χ4n) is 2.23. The summed E-state index contributed by atoms with van der Waals surface area (Å²) in [5, 5.41) is 12.4. The smallest absolute Gasteiger partial charge is 0.0853 e. The molecule has 0 amide bonds. The van der Waals surface area contributed by atoms with Crippen molar-refractivity contribution in [2.45, 2.75) is 26.9 Å². The van der Waals surface area contributed by atoms with Crippen molar-refractivity contribution in [3.8, 4) is 0 Å². The van der Waals surface area contributed by atoms with Crippen LogP contribution < -0.4 is 5.32 Å². The van der Waals surface area contributed by atoms with Crippen LogP contribution in [0.2, 0.25) is 0 Å². The first-order valence-electron chi connectivity index (χ1n) is 6.83. The maximum atomic E-state index is 5.03. The average Bonchev–Trinajstić information content (AvgIpc) is 2.93. The Morgan fingerprint density at radius 3 is 2.75 bits per heavy atom. The first-order valence-corrected chi connectivity index (χ1v) is 6.83. The third-order valence-electron chi connectivity index (χ3n) is 3.40. The monoisotopic (exact) mass is 277 g/mol. The van der Waals surface area contributed by atoms with Gasteiger partial charge in [-0.05, 0) is 19.9 Å². The molecule has 0 saturated heterocycles. The zero-order valence-corrected chi connectivity index (χ0v) is 12.7. The molecular weight excluding hydrogens is 254 g/mol. The predicted octanol–water partition coefficient (Wildman–Crippen LogP) is 1.02. The lowest BCUT2D eigenvalue weighted by Crippen LogP contribution is -2.19. The van der Waals surface area contributed by atoms with Crippen LogP contribution in [0.5, 0.6) is 0 Å². The minimum atomic E-state index is 0.714. The summed E-state index contributed by atoms with van der Waals surface area (Å²) in [5.74, 6) is 0. The molecule has 0 bridgehead atoms. The van der Waals surface area contributed by atoms with Crippen molar-refractivity contribution in [3.05, 3.63) is 34.9 Å². The zero-order chi connectivity index (χ0) is 14.5. The van der Waals surface area contributed by atoms with Gasteiger partial charge >= 0.3 is 0 Å². The fraction of sp³-hybridized carbons (Fsp3) is 0.571. The standard InChI is InChI=1S/C14H23N5O/c1-11-14(9-15-6-8-20-4)12(2)19(16-11)10-13-5-7-18(3)17-13/h5,7,15H,6,8-10H2,1-4H3. The highest BCUT2D eigenvalue weighted by Crippen LogP contribution is 2.14. The third-order valence-corrected chi connectivity index (χ3v) is 3.40. The lowest BCUT2D eigenvalue weighted by atomic mass is 10.2. The zero-order valence-electron chi connectivity index (χ0n) is 12.7. The average molecular weight is 277 g/mol. The van der Waals surface area contributed by atoms with Crippen LogP contribution >= 0.6 is 0 Å². The maximum Gasteiger partial charge on any atom is 0.0853 e. The Kier molecular flexibility index (Phi) is 4.92. The van der Waals surface area contributed by atoms with Crippen molar-refractivity contribution in [2.24, 2.45) is 7.05 Å². The molecule has 6 nitrogen and oxygen atoms in total. The summed E-state index contributed by atoms with van der Waals surface area (Å²) in [6.45, 7) is 7.27. The Balaban J connectivity index is 2.04. The van der Waals surface area contributed by atoms with Gasteiger partial charge in [-0.3, -0.25) is 9.36 Å². The van der Waals surface area contributed by atoms with Crippen LogP contribution in [0.15, 0.2) is 12.3 Å². The van der Waals surface area contributed by atoms with E-state index in [4.69, 9.17) is 4.74 Å². The highest BCUT2D eigenvalue weighted by Gasteiger charge is 2.12. The molecule has 0 fully saturated rings. The van der Waals surface area contributed by atoms with E-state index < -0.39 is 0 Å². The molecule has 0 unspecified atom stereocenters. The Morgan fingerprint density at radius 2 is 2.10 bits per heavy atom. The Morgan fingerprint density at radius 1 is 1.30 bits per heavy atom. The Hall–Kier alpha value is -1.66. The number of hydrogen-bond donors (Lipinski definition) is 1. The van der Waals surface area contributed by atoms with E-state index in [1.54, 1.807) is 7.11 Å². The second kappa shape index (κ2) is 6.67. The molecule has 0 atom stereocenters. The van der Waals surface area contributed by atoms with Gasteiger partial charge in [0.2, 0.25) is 0 Å². The van der Waals surface area contributed by atoms with Gasteiger partial charge in [0, 0.05) is 44.7 Å². The van der Waals surface area contributed by atoms with E-state index in [0.717, 1.165) is 31.1 Å². The highest BCUT2D eigenvalue weighted by molar-refractivity contribution is 5.25. The number of nitrogens with zero attached hydrogens (tertiary/aromatic N) is 4. The number of methoxy groups -OCH3 is 1. The van der Waals surface area contributed by atoms with Crippen molar-refractivity contribution in [2.75, 3.05) is 20.3 Å². The molecule has 0 saturated carbocycles. The van der Waals surface area contributed by atoms with E-state index >= 15 is 0 Å². The molecule has 20 heavy (non-hydrogen) atoms. The summed E-state index contributed by atoms with van der Waals surface area (Å²) >= 11 is 0. The molecule has 2 aromatic rings. The summed E-state index contributed by atoms with van der Waals surface area (Å²) in [7, 11) is 3.64. The molecule has 0 aromatic carbocycles. The van der Waals surface area contributed by atoms with E-state index in [-0.39, 0.29) is 0 Å². The predicted molar refractivity (Wildman–Crippen MR) is 77.6 cm³/mol. The molecule has 1 N–H and O–H groups in total. The van der Waals surface area contributed by atoms with Crippen LogP contribution in [0.1, 0.15) is 22.6 Å². The number of rotatable bonds is 7. The summed E-state index contributed by atoms with van der Waals surface area (Å²) in [5.41, 5.74) is 4.55. The van der Waals surface area contributed by atoms with Crippen molar-refractivity contribution < 1.29 is 4.74 Å². The molecule has 0 aliphatic rings. The fourth-order valence-corrected chi connectivity index (χ4v) is 2.23. The normalized spacial score (nSPS) is 11.2. The minimum Gasteiger partial charge on any atom is -0.383 e. The summed E-state index contributed by atoms with van der Waals surface area (Å²) < 4.78 is 8.87. The second-order valence-corrected chi connectivity index (χ2v) is 4.96. The van der Waals surface area contributed by atoms with Crippen molar-refractivity contribution in [1.29, 1.82) is 0 Å². The molecule has 2 heterocycles. The number of ether oxygens (including phenoxy) is 1. The van der Waals surface area contributed by atoms with Crippen LogP contribution in [-0.4, -0.2) is 39.8 Å². The van der Waals surface area contributed by atoms with Gasteiger partial charge in [0.25, 0.3) is 0 Å². The molecular formula is C14H23N5O. The van der Waals surface area contributed by atoms with Gasteiger partial charge in [-0.15, -0.1) is 0 Å². The van der Waals surface area contributed by atoms with E-state index in [1.165, 1.54) is 11.3 Å². The van der Waals surface area contributed by atoms with E-state index in [2.05, 4.69) is 29.4 Å². The van der Waals surface area contributed by atoms with Gasteiger partial charge in [-0.25, -0.2) is 0 Å². The Bertz CT molecular complexity index is 558. The van der Waals surface area contributed by atoms with E-state index in [0.29, 0.717) is 6.54 Å². The number of hydrogen-bond acceptors (Lipinski definition) is 4. The van der Waals surface area contributed by atoms with Crippen molar-refractivity contribution in [1.82, 2.24) is 24.9 Å². The molecule has 0 radical (unpaired) electrons. The summed E-state index contributed by atoms with van der Waals surface area (Å²) in [6.07, 6.45) is 1.95. The van der Waals surface area contributed by atoms with Crippen LogP contribution in [0.4, 0.5) is 0 Å². The van der Waals surface area contributed by atoms with Gasteiger partial charge in [-0.1, -0.05) is 0 Å². The van der Waals surface area contributed by atoms with E-state index in [9.17, 15) is 0 Å². The van der Waals surface area contributed by atoms with Crippen molar-refractivity contribution in [3.63, 3.8) is 0 Å². The Labute approximate surface area is 119 Å². The third kappa shape index (κ3) is 3.46. The molecule has 110 valence electrons. The largest absolute Gasteiger partial charge is 0.383 e. The first-order chi connectivity index (χ1) is 9.61. The quantitative estimate of drug-likeness (QED) is 0.768. The van der Waals surface area contributed by atoms with Crippen LogP contribution in [0.25, 0.3) is 0 Å². The van der Waals surface area contributed by atoms with Gasteiger partial charge < -0.3 is 10.1 Å². The molecule has 0 aliphatic carbocycles. The van der Waals surface area contributed by atoms with Gasteiger partial charge in [0.05, 0.1) is 24.5 Å². The molecule has 0 aliphatic heterocycles. The second-order valence-electron chi connectivity index (χ2n) is 4.96. The van der Waals surface area contributed by atoms with Crippen molar-refractivity contribution >= 4 is 0 Å². The number of aryl methyl sites for hydroxylation is 2. The van der Waals surface area contributed by atoms with Gasteiger partial charge in [-0.2, -0.15) is 10.2 Å². The maximum absolute atomic E-state index is 5.03. The molecule has 2 aromatic heterocycles. The first kappa shape index (κ1) is 14.7. The number of aromatic nitrogens is 4. The van der Waals surface area contributed by atoms with Crippen LogP contribution in [0.3, 0.4) is 0 Å². The summed E-state index contributed by atoms with van der Waals surface area (Å²) in [6, 6.07) is 2.02. The van der Waals surface area contributed by atoms with Gasteiger partial charge in [0.1, 0.15) is 0 Å². The number of nitrogens with one attached hydrogen (secondary N) is 1. The van der Waals surface area contributed by atoms with Crippen LogP contribution in [0, 0.1) is 13.8 Å². The highest BCUT2D eigenvalue weighted by atomic mass is 16.5. The molecule has 2 rings (SSSR count). The van der Waals surface area contributed by atoms with E-state index in [1.807, 2.05) is 28.7 Å². The SMILES string of the molecule is COCCNCc1c(C)nn(Cc2ccn(C)n2)c1C. The summed E-state index contributed by atoms with van der Waals surface area (Å²) in [4.78, 5) is 0.